The van der Waals surface area contributed by atoms with Crippen LogP contribution in [-0.2, 0) is 9.59 Å². The third-order valence-electron chi connectivity index (χ3n) is 3.31. The number of hydrogen-bond donors (Lipinski definition) is 0. The van der Waals surface area contributed by atoms with Gasteiger partial charge in [0, 0.05) is 11.8 Å². The number of aldehydes is 1. The van der Waals surface area contributed by atoms with Gasteiger partial charge in [-0.05, 0) is 32.3 Å². The summed E-state index contributed by atoms with van der Waals surface area (Å²) in [6, 6.07) is 0. The van der Waals surface area contributed by atoms with Gasteiger partial charge >= 0.3 is 0 Å². The lowest BCUT2D eigenvalue weighted by molar-refractivity contribution is -0.129. The minimum atomic E-state index is -0.540. The maximum Gasteiger partial charge on any atom is 0.137 e. The summed E-state index contributed by atoms with van der Waals surface area (Å²) in [5.74, 6) is 0.0893. The van der Waals surface area contributed by atoms with Crippen LogP contribution in [-0.4, -0.2) is 12.1 Å². The van der Waals surface area contributed by atoms with Gasteiger partial charge in [-0.25, -0.2) is 0 Å². The van der Waals surface area contributed by atoms with Crippen molar-refractivity contribution in [3.63, 3.8) is 0 Å². The molecule has 0 aromatic heterocycles. The molecule has 2 nitrogen and oxygen atoms in total. The molecule has 0 aliphatic heterocycles. The predicted octanol–water partition coefficient (Wildman–Crippen LogP) is 3.00. The Hall–Kier alpha value is -1.44. The molecule has 1 rings (SSSR count). The van der Waals surface area contributed by atoms with Crippen LogP contribution in [0.15, 0.2) is 36.0 Å². The molecule has 0 heterocycles. The molecule has 16 heavy (non-hydrogen) atoms. The Kier molecular flexibility index (Phi) is 3.99. The highest BCUT2D eigenvalue weighted by Gasteiger charge is 2.38. The van der Waals surface area contributed by atoms with E-state index < -0.39 is 5.41 Å². The highest BCUT2D eigenvalue weighted by Crippen LogP contribution is 2.42. The van der Waals surface area contributed by atoms with Crippen LogP contribution in [0.3, 0.4) is 0 Å². The van der Waals surface area contributed by atoms with Gasteiger partial charge in [0.1, 0.15) is 12.1 Å². The van der Waals surface area contributed by atoms with E-state index in [1.807, 2.05) is 13.0 Å². The van der Waals surface area contributed by atoms with E-state index in [4.69, 9.17) is 0 Å². The SMILES string of the molecule is C=CC1=C/C(=C/C)CC(CC=O)(C(C)=O)C1. The second-order valence-electron chi connectivity index (χ2n) is 4.35. The summed E-state index contributed by atoms with van der Waals surface area (Å²) < 4.78 is 0. The Balaban J connectivity index is 3.14. The molecule has 0 saturated carbocycles. The van der Waals surface area contributed by atoms with Crippen molar-refractivity contribution in [2.75, 3.05) is 0 Å². The predicted molar refractivity (Wildman–Crippen MR) is 65.1 cm³/mol. The lowest BCUT2D eigenvalue weighted by Gasteiger charge is -2.34. The van der Waals surface area contributed by atoms with E-state index in [1.165, 1.54) is 0 Å². The monoisotopic (exact) mass is 218 g/mol. The Labute approximate surface area is 96.7 Å². The molecule has 0 bridgehead atoms. The number of Topliss-reactive ketones (excluding diaryl/α,β-unsaturated/α-hetero) is 1. The third-order valence-corrected chi connectivity index (χ3v) is 3.31. The van der Waals surface area contributed by atoms with Crippen molar-refractivity contribution in [2.24, 2.45) is 5.41 Å². The summed E-state index contributed by atoms with van der Waals surface area (Å²) in [6.45, 7) is 7.26. The summed E-state index contributed by atoms with van der Waals surface area (Å²) >= 11 is 0. The highest BCUT2D eigenvalue weighted by molar-refractivity contribution is 5.86. The number of ketones is 1. The van der Waals surface area contributed by atoms with E-state index in [0.29, 0.717) is 19.3 Å². The van der Waals surface area contributed by atoms with Crippen molar-refractivity contribution in [3.8, 4) is 0 Å². The summed E-state index contributed by atoms with van der Waals surface area (Å²) in [7, 11) is 0. The minimum absolute atomic E-state index is 0.0893. The molecular weight excluding hydrogens is 200 g/mol. The molecular formula is C14H18O2. The normalized spacial score (nSPS) is 27.4. The van der Waals surface area contributed by atoms with E-state index in [9.17, 15) is 9.59 Å². The smallest absolute Gasteiger partial charge is 0.137 e. The van der Waals surface area contributed by atoms with Crippen LogP contribution in [0.5, 0.6) is 0 Å². The minimum Gasteiger partial charge on any atom is -0.303 e. The second-order valence-corrected chi connectivity index (χ2v) is 4.35. The van der Waals surface area contributed by atoms with Crippen molar-refractivity contribution in [1.82, 2.24) is 0 Å². The molecule has 0 amide bonds. The van der Waals surface area contributed by atoms with Gasteiger partial charge in [0.05, 0.1) is 0 Å². The largest absolute Gasteiger partial charge is 0.303 e. The Morgan fingerprint density at radius 3 is 2.69 bits per heavy atom. The molecule has 0 fully saturated rings. The van der Waals surface area contributed by atoms with Crippen molar-refractivity contribution < 1.29 is 9.59 Å². The number of allylic oxidation sites excluding steroid dienone is 5. The van der Waals surface area contributed by atoms with E-state index in [1.54, 1.807) is 13.0 Å². The first-order chi connectivity index (χ1) is 7.57. The average Bonchev–Trinajstić information content (AvgIpc) is 2.28. The molecule has 1 unspecified atom stereocenters. The molecule has 0 N–H and O–H groups in total. The first kappa shape index (κ1) is 12.6. The highest BCUT2D eigenvalue weighted by atomic mass is 16.1. The van der Waals surface area contributed by atoms with Gasteiger partial charge in [-0.15, -0.1) is 0 Å². The Morgan fingerprint density at radius 2 is 2.25 bits per heavy atom. The molecule has 0 saturated heterocycles. The Bertz CT molecular complexity index is 374. The van der Waals surface area contributed by atoms with Crippen molar-refractivity contribution in [1.29, 1.82) is 0 Å². The molecule has 0 spiro atoms. The van der Waals surface area contributed by atoms with Crippen molar-refractivity contribution in [2.45, 2.75) is 33.1 Å². The molecule has 0 aromatic carbocycles. The molecule has 0 radical (unpaired) electrons. The van der Waals surface area contributed by atoms with Crippen LogP contribution in [0.1, 0.15) is 33.1 Å². The van der Waals surface area contributed by atoms with E-state index >= 15 is 0 Å². The fraction of sp³-hybridized carbons (Fsp3) is 0.429. The molecule has 1 aliphatic rings. The zero-order chi connectivity index (χ0) is 12.2. The lowest BCUT2D eigenvalue weighted by atomic mass is 9.68. The second kappa shape index (κ2) is 5.06. The number of rotatable bonds is 4. The van der Waals surface area contributed by atoms with Gasteiger partial charge in [-0.1, -0.05) is 30.4 Å². The molecule has 0 aromatic rings. The number of carbonyl (C=O) groups is 2. The third kappa shape index (κ3) is 2.38. The summed E-state index contributed by atoms with van der Waals surface area (Å²) in [4.78, 5) is 22.5. The van der Waals surface area contributed by atoms with Gasteiger partial charge in [-0.3, -0.25) is 4.79 Å². The van der Waals surface area contributed by atoms with E-state index in [0.717, 1.165) is 17.4 Å². The van der Waals surface area contributed by atoms with Crippen LogP contribution >= 0.6 is 0 Å². The maximum atomic E-state index is 11.8. The van der Waals surface area contributed by atoms with Crippen LogP contribution in [0.4, 0.5) is 0 Å². The molecule has 2 heteroatoms. The fourth-order valence-corrected chi connectivity index (χ4v) is 2.20. The van der Waals surface area contributed by atoms with E-state index in [2.05, 4.69) is 12.7 Å². The van der Waals surface area contributed by atoms with Crippen molar-refractivity contribution >= 4 is 12.1 Å². The van der Waals surface area contributed by atoms with Crippen LogP contribution in [0, 0.1) is 5.41 Å². The first-order valence-corrected chi connectivity index (χ1v) is 5.51. The van der Waals surface area contributed by atoms with Gasteiger partial charge in [0.25, 0.3) is 0 Å². The molecule has 1 aliphatic carbocycles. The summed E-state index contributed by atoms with van der Waals surface area (Å²) in [5.41, 5.74) is 1.61. The van der Waals surface area contributed by atoms with Gasteiger partial charge in [-0.2, -0.15) is 0 Å². The van der Waals surface area contributed by atoms with Gasteiger partial charge < -0.3 is 4.79 Å². The van der Waals surface area contributed by atoms with Gasteiger partial charge in [0.15, 0.2) is 0 Å². The molecule has 86 valence electrons. The zero-order valence-electron chi connectivity index (χ0n) is 9.95. The lowest BCUT2D eigenvalue weighted by Crippen LogP contribution is -2.32. The fourth-order valence-electron chi connectivity index (χ4n) is 2.20. The first-order valence-electron chi connectivity index (χ1n) is 5.51. The van der Waals surface area contributed by atoms with Crippen LogP contribution < -0.4 is 0 Å². The standard InChI is InChI=1S/C14H18O2/c1-4-12-8-13(5-2)10-14(9-12,6-7-15)11(3)16/h4-5,7-8H,1,6,9-10H2,2-3H3/b13-5-. The average molecular weight is 218 g/mol. The topological polar surface area (TPSA) is 34.1 Å². The van der Waals surface area contributed by atoms with Gasteiger partial charge in [0.2, 0.25) is 0 Å². The summed E-state index contributed by atoms with van der Waals surface area (Å²) in [5, 5.41) is 0. The van der Waals surface area contributed by atoms with Crippen LogP contribution in [0.25, 0.3) is 0 Å². The number of hydrogen-bond acceptors (Lipinski definition) is 2. The maximum absolute atomic E-state index is 11.8. The van der Waals surface area contributed by atoms with Crippen molar-refractivity contribution in [3.05, 3.63) is 36.0 Å². The number of carbonyl (C=O) groups excluding carboxylic acids is 2. The van der Waals surface area contributed by atoms with E-state index in [-0.39, 0.29) is 5.78 Å². The van der Waals surface area contributed by atoms with Crippen LogP contribution in [0.2, 0.25) is 0 Å². The Morgan fingerprint density at radius 1 is 1.56 bits per heavy atom. The zero-order valence-corrected chi connectivity index (χ0v) is 9.95. The summed E-state index contributed by atoms with van der Waals surface area (Å²) in [6.07, 6.45) is 8.25. The quantitative estimate of drug-likeness (QED) is 0.680. The molecule has 1 atom stereocenters.